The normalized spacial score (nSPS) is 14.2. The van der Waals surface area contributed by atoms with Gasteiger partial charge >= 0.3 is 0 Å². The molecule has 1 aliphatic carbocycles. The van der Waals surface area contributed by atoms with E-state index in [9.17, 15) is 0 Å². The van der Waals surface area contributed by atoms with Crippen LogP contribution in [0.5, 0.6) is 5.75 Å². The zero-order chi connectivity index (χ0) is 9.10. The van der Waals surface area contributed by atoms with E-state index in [-0.39, 0.29) is 0 Å². The summed E-state index contributed by atoms with van der Waals surface area (Å²) in [6.07, 6.45) is 3.77. The number of hydrogen-bond acceptors (Lipinski definition) is 1. The van der Waals surface area contributed by atoms with Gasteiger partial charge in [-0.05, 0) is 42.5 Å². The molecule has 0 N–H and O–H groups in total. The highest BCUT2D eigenvalue weighted by atomic mass is 79.9. The Kier molecular flexibility index (Phi) is 2.89. The van der Waals surface area contributed by atoms with Crippen LogP contribution in [0.15, 0.2) is 18.2 Å². The molecule has 1 aromatic rings. The minimum atomic E-state index is 0.749. The summed E-state index contributed by atoms with van der Waals surface area (Å²) >= 11 is 3.34. The van der Waals surface area contributed by atoms with Gasteiger partial charge in [0.05, 0.1) is 6.61 Å². The number of aryl methyl sites for hydroxylation is 2. The number of benzene rings is 1. The number of hydrogen-bond donors (Lipinski definition) is 0. The third-order valence-corrected chi connectivity index (χ3v) is 2.74. The average Bonchev–Trinajstić information content (AvgIpc) is 2.61. The molecule has 1 nitrogen and oxygen atoms in total. The van der Waals surface area contributed by atoms with E-state index in [1.807, 2.05) is 0 Å². The topological polar surface area (TPSA) is 9.23 Å². The first kappa shape index (κ1) is 9.07. The molecule has 0 spiro atoms. The minimum absolute atomic E-state index is 0.749. The Bertz CT molecular complexity index is 296. The van der Waals surface area contributed by atoms with E-state index in [0.717, 1.165) is 17.7 Å². The SMILES string of the molecule is BrCCOc1ccc2c(c1)CCC2. The molecule has 0 unspecified atom stereocenters. The van der Waals surface area contributed by atoms with Crippen LogP contribution < -0.4 is 4.74 Å². The van der Waals surface area contributed by atoms with Crippen LogP contribution >= 0.6 is 15.9 Å². The lowest BCUT2D eigenvalue weighted by molar-refractivity contribution is 0.345. The lowest BCUT2D eigenvalue weighted by Crippen LogP contribution is -1.98. The number of ether oxygens (including phenoxy) is 1. The van der Waals surface area contributed by atoms with Gasteiger partial charge in [0.25, 0.3) is 0 Å². The summed E-state index contributed by atoms with van der Waals surface area (Å²) in [6.45, 7) is 0.749. The van der Waals surface area contributed by atoms with Gasteiger partial charge in [0, 0.05) is 5.33 Å². The van der Waals surface area contributed by atoms with E-state index in [2.05, 4.69) is 34.1 Å². The van der Waals surface area contributed by atoms with Crippen LogP contribution in [0.4, 0.5) is 0 Å². The highest BCUT2D eigenvalue weighted by Crippen LogP contribution is 2.25. The molecule has 0 atom stereocenters. The number of rotatable bonds is 3. The van der Waals surface area contributed by atoms with Crippen LogP contribution in [0.25, 0.3) is 0 Å². The van der Waals surface area contributed by atoms with E-state index in [4.69, 9.17) is 4.74 Å². The first-order valence-electron chi connectivity index (χ1n) is 4.71. The second-order valence-corrected chi connectivity index (χ2v) is 4.11. The Hall–Kier alpha value is -0.500. The Labute approximate surface area is 87.2 Å². The van der Waals surface area contributed by atoms with Gasteiger partial charge in [0.1, 0.15) is 5.75 Å². The lowest BCUT2D eigenvalue weighted by atomic mass is 10.1. The van der Waals surface area contributed by atoms with Gasteiger partial charge in [-0.2, -0.15) is 0 Å². The Morgan fingerprint density at radius 3 is 2.92 bits per heavy atom. The molecule has 0 saturated carbocycles. The third-order valence-electron chi connectivity index (χ3n) is 2.42. The molecule has 0 heterocycles. The molecule has 2 heteroatoms. The van der Waals surface area contributed by atoms with E-state index < -0.39 is 0 Å². The lowest BCUT2D eigenvalue weighted by Gasteiger charge is -2.05. The van der Waals surface area contributed by atoms with Crippen LogP contribution in [0, 0.1) is 0 Å². The van der Waals surface area contributed by atoms with Gasteiger partial charge < -0.3 is 4.74 Å². The van der Waals surface area contributed by atoms with Crippen molar-refractivity contribution < 1.29 is 4.74 Å². The Balaban J connectivity index is 2.12. The summed E-state index contributed by atoms with van der Waals surface area (Å²) in [5.41, 5.74) is 2.98. The summed E-state index contributed by atoms with van der Waals surface area (Å²) in [7, 11) is 0. The van der Waals surface area contributed by atoms with Crippen molar-refractivity contribution in [2.45, 2.75) is 19.3 Å². The molecule has 0 radical (unpaired) electrons. The summed E-state index contributed by atoms with van der Waals surface area (Å²) in [6, 6.07) is 6.46. The monoisotopic (exact) mass is 240 g/mol. The van der Waals surface area contributed by atoms with Crippen molar-refractivity contribution in [3.05, 3.63) is 29.3 Å². The summed E-state index contributed by atoms with van der Waals surface area (Å²) < 4.78 is 5.53. The first-order chi connectivity index (χ1) is 6.40. The summed E-state index contributed by atoms with van der Waals surface area (Å²) in [5, 5.41) is 0.893. The average molecular weight is 241 g/mol. The van der Waals surface area contributed by atoms with E-state index in [0.29, 0.717) is 0 Å². The van der Waals surface area contributed by atoms with Crippen LogP contribution in [0.2, 0.25) is 0 Å². The molecule has 0 amide bonds. The van der Waals surface area contributed by atoms with Crippen molar-refractivity contribution in [2.75, 3.05) is 11.9 Å². The van der Waals surface area contributed by atoms with E-state index >= 15 is 0 Å². The fraction of sp³-hybridized carbons (Fsp3) is 0.455. The minimum Gasteiger partial charge on any atom is -0.493 e. The maximum Gasteiger partial charge on any atom is 0.119 e. The maximum atomic E-state index is 5.53. The van der Waals surface area contributed by atoms with Gasteiger partial charge in [-0.15, -0.1) is 0 Å². The second kappa shape index (κ2) is 4.14. The van der Waals surface area contributed by atoms with Crippen molar-refractivity contribution in [1.82, 2.24) is 0 Å². The Morgan fingerprint density at radius 2 is 2.08 bits per heavy atom. The third kappa shape index (κ3) is 2.05. The second-order valence-electron chi connectivity index (χ2n) is 3.32. The summed E-state index contributed by atoms with van der Waals surface area (Å²) in [4.78, 5) is 0. The van der Waals surface area contributed by atoms with Gasteiger partial charge in [-0.1, -0.05) is 22.0 Å². The molecule has 70 valence electrons. The van der Waals surface area contributed by atoms with Crippen molar-refractivity contribution in [3.63, 3.8) is 0 Å². The van der Waals surface area contributed by atoms with Crippen LogP contribution in [0.1, 0.15) is 17.5 Å². The van der Waals surface area contributed by atoms with E-state index in [1.54, 1.807) is 0 Å². The zero-order valence-corrected chi connectivity index (χ0v) is 9.14. The van der Waals surface area contributed by atoms with Crippen LogP contribution in [-0.4, -0.2) is 11.9 Å². The molecular formula is C11H13BrO. The van der Waals surface area contributed by atoms with E-state index in [1.165, 1.54) is 30.4 Å². The smallest absolute Gasteiger partial charge is 0.119 e. The predicted molar refractivity (Wildman–Crippen MR) is 57.8 cm³/mol. The number of alkyl halides is 1. The van der Waals surface area contributed by atoms with Gasteiger partial charge in [0.2, 0.25) is 0 Å². The molecule has 1 aromatic carbocycles. The van der Waals surface area contributed by atoms with Gasteiger partial charge in [-0.3, -0.25) is 0 Å². The molecule has 1 aliphatic rings. The number of fused-ring (bicyclic) bond motifs is 1. The van der Waals surface area contributed by atoms with Crippen molar-refractivity contribution in [3.8, 4) is 5.75 Å². The maximum absolute atomic E-state index is 5.53. The molecule has 0 bridgehead atoms. The van der Waals surface area contributed by atoms with Crippen LogP contribution in [0.3, 0.4) is 0 Å². The highest BCUT2D eigenvalue weighted by Gasteiger charge is 2.10. The first-order valence-corrected chi connectivity index (χ1v) is 5.83. The highest BCUT2D eigenvalue weighted by molar-refractivity contribution is 9.09. The number of halogens is 1. The van der Waals surface area contributed by atoms with Gasteiger partial charge in [0.15, 0.2) is 0 Å². The quantitative estimate of drug-likeness (QED) is 0.739. The summed E-state index contributed by atoms with van der Waals surface area (Å²) in [5.74, 6) is 1.01. The fourth-order valence-electron chi connectivity index (χ4n) is 1.79. The zero-order valence-electron chi connectivity index (χ0n) is 7.55. The largest absolute Gasteiger partial charge is 0.493 e. The Morgan fingerprint density at radius 1 is 1.23 bits per heavy atom. The molecule has 0 fully saturated rings. The molecule has 0 aromatic heterocycles. The van der Waals surface area contributed by atoms with Crippen molar-refractivity contribution in [1.29, 1.82) is 0 Å². The molecule has 13 heavy (non-hydrogen) atoms. The van der Waals surface area contributed by atoms with Crippen molar-refractivity contribution in [2.24, 2.45) is 0 Å². The molecule has 0 aliphatic heterocycles. The standard InChI is InChI=1S/C11H13BrO/c12-6-7-13-11-5-4-9-2-1-3-10(9)8-11/h4-5,8H,1-3,6-7H2. The fourth-order valence-corrected chi connectivity index (χ4v) is 1.96. The molecular weight excluding hydrogens is 228 g/mol. The van der Waals surface area contributed by atoms with Crippen LogP contribution in [-0.2, 0) is 12.8 Å². The van der Waals surface area contributed by atoms with Crippen molar-refractivity contribution >= 4 is 15.9 Å². The van der Waals surface area contributed by atoms with Gasteiger partial charge in [-0.25, -0.2) is 0 Å². The molecule has 0 saturated heterocycles. The predicted octanol–water partition coefficient (Wildman–Crippen LogP) is 2.95. The molecule has 2 rings (SSSR count).